The van der Waals surface area contributed by atoms with Gasteiger partial charge in [0.05, 0.1) is 4.75 Å². The van der Waals surface area contributed by atoms with Crippen LogP contribution in [0.4, 0.5) is 0 Å². The van der Waals surface area contributed by atoms with Crippen LogP contribution in [0.3, 0.4) is 0 Å². The highest BCUT2D eigenvalue weighted by molar-refractivity contribution is 9.10. The fraction of sp³-hybridized carbons (Fsp3) is 0.500. The first kappa shape index (κ1) is 15.6. The topological polar surface area (TPSA) is 72.2 Å². The molecule has 0 aliphatic carbocycles. The number of nitrogens with one attached hydrogen (secondary N) is 1. The molecular weight excluding hydrogens is 316 g/mol. The van der Waals surface area contributed by atoms with Crippen LogP contribution in [0.5, 0.6) is 0 Å². The molecule has 0 fully saturated rings. The first-order chi connectivity index (χ1) is 8.18. The average molecular weight is 335 g/mol. The zero-order chi connectivity index (χ0) is 14.0. The summed E-state index contributed by atoms with van der Waals surface area (Å²) in [5, 5.41) is 0. The Bertz CT molecular complexity index is 515. The summed E-state index contributed by atoms with van der Waals surface area (Å²) in [6.07, 6.45) is 1.79. The van der Waals surface area contributed by atoms with Crippen LogP contribution in [-0.4, -0.2) is 25.5 Å². The van der Waals surface area contributed by atoms with E-state index in [1.165, 1.54) is 6.26 Å². The number of sulfone groups is 1. The van der Waals surface area contributed by atoms with Gasteiger partial charge in [0.25, 0.3) is 0 Å². The van der Waals surface area contributed by atoms with Crippen LogP contribution in [0.1, 0.15) is 19.4 Å². The summed E-state index contributed by atoms with van der Waals surface area (Å²) >= 11 is 3.39. The lowest BCUT2D eigenvalue weighted by Crippen LogP contribution is -2.55. The minimum Gasteiger partial charge on any atom is -0.271 e. The lowest BCUT2D eigenvalue weighted by molar-refractivity contribution is 0.413. The van der Waals surface area contributed by atoms with E-state index in [4.69, 9.17) is 5.84 Å². The summed E-state index contributed by atoms with van der Waals surface area (Å²) < 4.78 is 23.7. The standard InChI is InChI=1S/C12H19BrN2O2S/c1-12(2,18(3,16)17)11(15-14)8-9-5-4-6-10(13)7-9/h4-7,11,15H,8,14H2,1-3H3. The van der Waals surface area contributed by atoms with Crippen molar-refractivity contribution in [3.05, 3.63) is 34.3 Å². The van der Waals surface area contributed by atoms with Gasteiger partial charge in [-0.3, -0.25) is 11.3 Å². The molecule has 1 aromatic carbocycles. The van der Waals surface area contributed by atoms with Crippen molar-refractivity contribution in [1.29, 1.82) is 0 Å². The van der Waals surface area contributed by atoms with Crippen molar-refractivity contribution >= 4 is 25.8 Å². The molecule has 0 saturated heterocycles. The van der Waals surface area contributed by atoms with Crippen molar-refractivity contribution in [3.63, 3.8) is 0 Å². The smallest absolute Gasteiger partial charge is 0.154 e. The molecule has 0 spiro atoms. The van der Waals surface area contributed by atoms with E-state index >= 15 is 0 Å². The van der Waals surface area contributed by atoms with Gasteiger partial charge in [0.2, 0.25) is 0 Å². The van der Waals surface area contributed by atoms with Crippen LogP contribution >= 0.6 is 15.9 Å². The van der Waals surface area contributed by atoms with Gasteiger partial charge < -0.3 is 0 Å². The molecule has 0 amide bonds. The van der Waals surface area contributed by atoms with Crippen molar-refractivity contribution < 1.29 is 8.42 Å². The number of hydrogen-bond acceptors (Lipinski definition) is 4. The molecule has 0 aliphatic heterocycles. The third kappa shape index (κ3) is 3.54. The lowest BCUT2D eigenvalue weighted by atomic mass is 9.96. The fourth-order valence-corrected chi connectivity index (χ4v) is 2.78. The number of halogens is 1. The SMILES string of the molecule is CC(C)(C(Cc1cccc(Br)c1)NN)S(C)(=O)=O. The van der Waals surface area contributed by atoms with Gasteiger partial charge in [0, 0.05) is 16.8 Å². The summed E-state index contributed by atoms with van der Waals surface area (Å²) in [6, 6.07) is 7.41. The van der Waals surface area contributed by atoms with Crippen molar-refractivity contribution in [2.24, 2.45) is 5.84 Å². The number of benzene rings is 1. The van der Waals surface area contributed by atoms with E-state index in [0.717, 1.165) is 10.0 Å². The number of hydrogen-bond donors (Lipinski definition) is 2. The molecule has 1 aromatic rings. The van der Waals surface area contributed by atoms with Crippen LogP contribution in [0.2, 0.25) is 0 Å². The quantitative estimate of drug-likeness (QED) is 0.634. The molecule has 18 heavy (non-hydrogen) atoms. The van der Waals surface area contributed by atoms with Crippen molar-refractivity contribution in [1.82, 2.24) is 5.43 Å². The van der Waals surface area contributed by atoms with Crippen LogP contribution in [0.25, 0.3) is 0 Å². The summed E-state index contributed by atoms with van der Waals surface area (Å²) in [4.78, 5) is 0. The lowest BCUT2D eigenvalue weighted by Gasteiger charge is -2.32. The Balaban J connectivity index is 2.99. The first-order valence-corrected chi connectivity index (χ1v) is 8.27. The molecule has 0 aliphatic rings. The van der Waals surface area contributed by atoms with Gasteiger partial charge in [-0.15, -0.1) is 0 Å². The van der Waals surface area contributed by atoms with E-state index in [1.54, 1.807) is 13.8 Å². The normalized spacial score (nSPS) is 14.5. The molecule has 102 valence electrons. The second kappa shape index (κ2) is 5.69. The Morgan fingerprint density at radius 2 is 2.06 bits per heavy atom. The zero-order valence-corrected chi connectivity index (χ0v) is 13.2. The van der Waals surface area contributed by atoms with Crippen molar-refractivity contribution in [2.45, 2.75) is 31.1 Å². The monoisotopic (exact) mass is 334 g/mol. The Kier molecular flexibility index (Phi) is 4.94. The van der Waals surface area contributed by atoms with Gasteiger partial charge in [-0.05, 0) is 38.0 Å². The third-order valence-corrected chi connectivity index (χ3v) is 6.01. The number of hydrazine groups is 1. The van der Waals surface area contributed by atoms with E-state index in [2.05, 4.69) is 21.4 Å². The third-order valence-electron chi connectivity index (χ3n) is 3.32. The van der Waals surface area contributed by atoms with E-state index in [0.29, 0.717) is 6.42 Å². The summed E-state index contributed by atoms with van der Waals surface area (Å²) in [6.45, 7) is 3.37. The summed E-state index contributed by atoms with van der Waals surface area (Å²) in [7, 11) is -3.20. The highest BCUT2D eigenvalue weighted by Crippen LogP contribution is 2.23. The highest BCUT2D eigenvalue weighted by Gasteiger charge is 2.38. The van der Waals surface area contributed by atoms with Gasteiger partial charge in [-0.2, -0.15) is 0 Å². The molecule has 0 radical (unpaired) electrons. The molecule has 4 nitrogen and oxygen atoms in total. The van der Waals surface area contributed by atoms with Crippen LogP contribution in [0, 0.1) is 0 Å². The predicted octanol–water partition coefficient (Wildman–Crippen LogP) is 1.65. The molecule has 6 heteroatoms. The van der Waals surface area contributed by atoms with E-state index < -0.39 is 14.6 Å². The molecule has 3 N–H and O–H groups in total. The fourth-order valence-electron chi connectivity index (χ4n) is 1.66. The highest BCUT2D eigenvalue weighted by atomic mass is 79.9. The maximum absolute atomic E-state index is 11.8. The first-order valence-electron chi connectivity index (χ1n) is 5.58. The van der Waals surface area contributed by atoms with E-state index in [1.807, 2.05) is 24.3 Å². The maximum Gasteiger partial charge on any atom is 0.154 e. The van der Waals surface area contributed by atoms with Crippen LogP contribution in [0.15, 0.2) is 28.7 Å². The molecule has 1 unspecified atom stereocenters. The van der Waals surface area contributed by atoms with Crippen molar-refractivity contribution in [3.8, 4) is 0 Å². The van der Waals surface area contributed by atoms with Gasteiger partial charge in [-0.25, -0.2) is 8.42 Å². The average Bonchev–Trinajstić information content (AvgIpc) is 2.24. The van der Waals surface area contributed by atoms with E-state index in [-0.39, 0.29) is 6.04 Å². The van der Waals surface area contributed by atoms with Crippen LogP contribution < -0.4 is 11.3 Å². The van der Waals surface area contributed by atoms with E-state index in [9.17, 15) is 8.42 Å². The molecule has 0 heterocycles. The Hall–Kier alpha value is -0.430. The number of rotatable bonds is 5. The Morgan fingerprint density at radius 3 is 2.50 bits per heavy atom. The molecule has 1 rings (SSSR count). The Morgan fingerprint density at radius 1 is 1.44 bits per heavy atom. The maximum atomic E-state index is 11.8. The van der Waals surface area contributed by atoms with Crippen molar-refractivity contribution in [2.75, 3.05) is 6.26 Å². The molecule has 1 atom stereocenters. The molecule has 0 saturated carbocycles. The second-order valence-corrected chi connectivity index (χ2v) is 8.44. The molecular formula is C12H19BrN2O2S. The predicted molar refractivity (Wildman–Crippen MR) is 77.9 cm³/mol. The van der Waals surface area contributed by atoms with Gasteiger partial charge in [0.15, 0.2) is 9.84 Å². The van der Waals surface area contributed by atoms with Crippen LogP contribution in [-0.2, 0) is 16.3 Å². The molecule has 0 bridgehead atoms. The Labute approximate surface area is 117 Å². The zero-order valence-electron chi connectivity index (χ0n) is 10.8. The number of nitrogens with two attached hydrogens (primary N) is 1. The van der Waals surface area contributed by atoms with Gasteiger partial charge in [0.1, 0.15) is 0 Å². The minimum atomic E-state index is -3.20. The summed E-state index contributed by atoms with van der Waals surface area (Å²) in [5.41, 5.74) is 3.65. The summed E-state index contributed by atoms with van der Waals surface area (Å²) in [5.74, 6) is 5.52. The second-order valence-electron chi connectivity index (χ2n) is 4.93. The van der Waals surface area contributed by atoms with Gasteiger partial charge >= 0.3 is 0 Å². The molecule has 0 aromatic heterocycles. The largest absolute Gasteiger partial charge is 0.271 e. The van der Waals surface area contributed by atoms with Gasteiger partial charge in [-0.1, -0.05) is 28.1 Å². The minimum absolute atomic E-state index is 0.346.